The van der Waals surface area contributed by atoms with E-state index in [4.69, 9.17) is 20.6 Å². The molecule has 0 saturated carbocycles. The molecule has 0 saturated heterocycles. The van der Waals surface area contributed by atoms with Crippen LogP contribution < -0.4 is 4.52 Å². The van der Waals surface area contributed by atoms with Crippen molar-refractivity contribution in [1.82, 2.24) is 0 Å². The lowest BCUT2D eigenvalue weighted by Crippen LogP contribution is -2.03. The average Bonchev–Trinajstić information content (AvgIpc) is 2.24. The van der Waals surface area contributed by atoms with E-state index in [1.807, 2.05) is 26.0 Å². The van der Waals surface area contributed by atoms with Crippen LogP contribution in [0.25, 0.3) is 0 Å². The summed E-state index contributed by atoms with van der Waals surface area (Å²) in [5, 5.41) is 0. The van der Waals surface area contributed by atoms with Gasteiger partial charge in [-0.2, -0.15) is 0 Å². The molecule has 5 heteroatoms. The molecule has 0 amide bonds. The van der Waals surface area contributed by atoms with Gasteiger partial charge < -0.3 is 9.05 Å². The first-order chi connectivity index (χ1) is 8.00. The molecule has 0 bridgehead atoms. The van der Waals surface area contributed by atoms with E-state index < -0.39 is 7.60 Å². The molecule has 3 nitrogen and oxygen atoms in total. The van der Waals surface area contributed by atoms with E-state index in [1.54, 1.807) is 13.0 Å². The molecule has 0 radical (unpaired) electrons. The van der Waals surface area contributed by atoms with Gasteiger partial charge >= 0.3 is 7.60 Å². The van der Waals surface area contributed by atoms with Gasteiger partial charge in [-0.05, 0) is 44.0 Å². The maximum atomic E-state index is 12.2. The molecule has 1 aromatic carbocycles. The number of hydrogen-bond donors (Lipinski definition) is 0. The van der Waals surface area contributed by atoms with Gasteiger partial charge in [0.25, 0.3) is 0 Å². The topological polar surface area (TPSA) is 35.5 Å². The SMILES string of the molecule is CCOP(=O)(CCCl)Oc1ccc(C)c(C)c1. The highest BCUT2D eigenvalue weighted by atomic mass is 35.5. The third-order valence-corrected chi connectivity index (χ3v) is 4.77. The third kappa shape index (κ3) is 4.34. The van der Waals surface area contributed by atoms with E-state index in [-0.39, 0.29) is 12.0 Å². The second kappa shape index (κ2) is 6.44. The zero-order valence-electron chi connectivity index (χ0n) is 10.4. The molecule has 1 aromatic rings. The Kier molecular flexibility index (Phi) is 5.51. The Morgan fingerprint density at radius 3 is 2.53 bits per heavy atom. The third-order valence-electron chi connectivity index (χ3n) is 2.41. The Morgan fingerprint density at radius 2 is 2.00 bits per heavy atom. The molecule has 0 N–H and O–H groups in total. The lowest BCUT2D eigenvalue weighted by Gasteiger charge is -2.18. The number of hydrogen-bond acceptors (Lipinski definition) is 3. The molecular formula is C12H18ClO3P. The van der Waals surface area contributed by atoms with Crippen LogP contribution in [0.3, 0.4) is 0 Å². The second-order valence-electron chi connectivity index (χ2n) is 3.78. The predicted octanol–water partition coefficient (Wildman–Crippen LogP) is 4.15. The van der Waals surface area contributed by atoms with Gasteiger partial charge in [-0.25, -0.2) is 4.57 Å². The summed E-state index contributed by atoms with van der Waals surface area (Å²) in [4.78, 5) is 0. The largest absolute Gasteiger partial charge is 0.424 e. The Morgan fingerprint density at radius 1 is 1.29 bits per heavy atom. The number of benzene rings is 1. The lowest BCUT2D eigenvalue weighted by atomic mass is 10.1. The van der Waals surface area contributed by atoms with Gasteiger partial charge in [0.15, 0.2) is 0 Å². The van der Waals surface area contributed by atoms with Crippen molar-refractivity contribution in [3.8, 4) is 5.75 Å². The van der Waals surface area contributed by atoms with Crippen molar-refractivity contribution >= 4 is 19.2 Å². The number of halogens is 1. The highest BCUT2D eigenvalue weighted by molar-refractivity contribution is 7.54. The van der Waals surface area contributed by atoms with Crippen molar-refractivity contribution in [2.45, 2.75) is 20.8 Å². The maximum absolute atomic E-state index is 12.2. The summed E-state index contributed by atoms with van der Waals surface area (Å²) in [6.45, 7) is 6.12. The molecule has 96 valence electrons. The summed E-state index contributed by atoms with van der Waals surface area (Å²) in [5.74, 6) is 0.817. The fourth-order valence-corrected chi connectivity index (χ4v) is 3.30. The first-order valence-electron chi connectivity index (χ1n) is 5.57. The smallest absolute Gasteiger partial charge is 0.380 e. The van der Waals surface area contributed by atoms with Gasteiger partial charge in [0, 0.05) is 5.88 Å². The van der Waals surface area contributed by atoms with Crippen LogP contribution in [0.15, 0.2) is 18.2 Å². The van der Waals surface area contributed by atoms with E-state index in [0.717, 1.165) is 5.56 Å². The summed E-state index contributed by atoms with van der Waals surface area (Å²) in [7, 11) is -3.11. The monoisotopic (exact) mass is 276 g/mol. The molecule has 0 aliphatic carbocycles. The van der Waals surface area contributed by atoms with Crippen molar-refractivity contribution in [2.24, 2.45) is 0 Å². The molecule has 1 unspecified atom stereocenters. The van der Waals surface area contributed by atoms with Crippen LogP contribution in [-0.4, -0.2) is 18.6 Å². The summed E-state index contributed by atoms with van der Waals surface area (Å²) >= 11 is 5.61. The zero-order valence-corrected chi connectivity index (χ0v) is 12.1. The van der Waals surface area contributed by atoms with E-state index in [9.17, 15) is 4.57 Å². The van der Waals surface area contributed by atoms with Gasteiger partial charge in [-0.3, -0.25) is 0 Å². The van der Waals surface area contributed by atoms with Gasteiger partial charge in [-0.15, -0.1) is 11.6 Å². The van der Waals surface area contributed by atoms with Crippen molar-refractivity contribution in [1.29, 1.82) is 0 Å². The van der Waals surface area contributed by atoms with Crippen molar-refractivity contribution in [3.05, 3.63) is 29.3 Å². The first kappa shape index (κ1) is 14.6. The summed E-state index contributed by atoms with van der Waals surface area (Å²) < 4.78 is 22.9. The quantitative estimate of drug-likeness (QED) is 0.578. The Balaban J connectivity index is 2.86. The van der Waals surface area contributed by atoms with Crippen LogP contribution in [0.2, 0.25) is 0 Å². The summed E-state index contributed by atoms with van der Waals surface area (Å²) in [6.07, 6.45) is 0.218. The second-order valence-corrected chi connectivity index (χ2v) is 6.27. The van der Waals surface area contributed by atoms with Crippen molar-refractivity contribution in [2.75, 3.05) is 18.6 Å². The normalized spacial score (nSPS) is 14.4. The zero-order chi connectivity index (χ0) is 12.9. The van der Waals surface area contributed by atoms with E-state index in [2.05, 4.69) is 0 Å². The van der Waals surface area contributed by atoms with Crippen molar-refractivity contribution < 1.29 is 13.6 Å². The molecule has 0 aliphatic heterocycles. The summed E-state index contributed by atoms with van der Waals surface area (Å²) in [5.41, 5.74) is 2.26. The Bertz CT molecular complexity index is 410. The van der Waals surface area contributed by atoms with Crippen molar-refractivity contribution in [3.63, 3.8) is 0 Å². The predicted molar refractivity (Wildman–Crippen MR) is 71.4 cm³/mol. The minimum absolute atomic E-state index is 0.218. The molecule has 0 heterocycles. The highest BCUT2D eigenvalue weighted by Crippen LogP contribution is 2.48. The van der Waals surface area contributed by atoms with Crippen LogP contribution in [0.1, 0.15) is 18.1 Å². The number of alkyl halides is 1. The molecule has 0 aliphatic rings. The standard InChI is InChI=1S/C12H18ClO3P/c1-4-15-17(14,8-7-13)16-12-6-5-10(2)11(3)9-12/h5-6,9H,4,7-8H2,1-3H3. The van der Waals surface area contributed by atoms with Crippen LogP contribution in [0.5, 0.6) is 5.75 Å². The number of rotatable bonds is 6. The molecule has 17 heavy (non-hydrogen) atoms. The van der Waals surface area contributed by atoms with Gasteiger partial charge in [0.1, 0.15) is 5.75 Å². The fourth-order valence-electron chi connectivity index (χ4n) is 1.37. The average molecular weight is 277 g/mol. The maximum Gasteiger partial charge on any atom is 0.380 e. The minimum atomic E-state index is -3.11. The lowest BCUT2D eigenvalue weighted by molar-refractivity contribution is 0.280. The van der Waals surface area contributed by atoms with Crippen LogP contribution in [0.4, 0.5) is 0 Å². The summed E-state index contributed by atoms with van der Waals surface area (Å²) in [6, 6.07) is 5.58. The minimum Gasteiger partial charge on any atom is -0.424 e. The Hall–Kier alpha value is -0.500. The molecular weight excluding hydrogens is 259 g/mol. The number of aryl methyl sites for hydroxylation is 2. The van der Waals surface area contributed by atoms with Crippen LogP contribution in [0, 0.1) is 13.8 Å². The fraction of sp³-hybridized carbons (Fsp3) is 0.500. The molecule has 0 spiro atoms. The molecule has 1 rings (SSSR count). The molecule has 0 aromatic heterocycles. The Labute approximate surface area is 108 Å². The van der Waals surface area contributed by atoms with E-state index in [0.29, 0.717) is 12.4 Å². The first-order valence-corrected chi connectivity index (χ1v) is 7.83. The van der Waals surface area contributed by atoms with Crippen LogP contribution >= 0.6 is 19.2 Å². The van der Waals surface area contributed by atoms with Gasteiger partial charge in [0.05, 0.1) is 12.8 Å². The molecule has 1 atom stereocenters. The van der Waals surface area contributed by atoms with Gasteiger partial charge in [-0.1, -0.05) is 6.07 Å². The van der Waals surface area contributed by atoms with Crippen LogP contribution in [-0.2, 0) is 9.09 Å². The highest BCUT2D eigenvalue weighted by Gasteiger charge is 2.24. The van der Waals surface area contributed by atoms with E-state index >= 15 is 0 Å². The van der Waals surface area contributed by atoms with E-state index in [1.165, 1.54) is 5.56 Å². The molecule has 0 fully saturated rings. The van der Waals surface area contributed by atoms with Gasteiger partial charge in [0.2, 0.25) is 0 Å².